The van der Waals surface area contributed by atoms with Crippen molar-refractivity contribution in [1.29, 1.82) is 0 Å². The Labute approximate surface area is 145 Å². The fourth-order valence-electron chi connectivity index (χ4n) is 2.11. The summed E-state index contributed by atoms with van der Waals surface area (Å²) in [5.41, 5.74) is -1.23. The Morgan fingerprint density at radius 3 is 2.00 bits per heavy atom. The number of hydroxylamine groups is 3. The molecule has 0 unspecified atom stereocenters. The zero-order valence-electron chi connectivity index (χ0n) is 12.9. The minimum Gasteiger partial charge on any atom is -0.715 e. The van der Waals surface area contributed by atoms with Gasteiger partial charge in [-0.3, -0.25) is 9.80 Å². The van der Waals surface area contributed by atoms with Crippen molar-refractivity contribution >= 4 is 11.8 Å². The first-order valence-electron chi connectivity index (χ1n) is 6.26. The van der Waals surface area contributed by atoms with Crippen LogP contribution in [0.3, 0.4) is 0 Å². The van der Waals surface area contributed by atoms with Crippen LogP contribution in [0.15, 0.2) is 24.3 Å². The Morgan fingerprint density at radius 2 is 1.67 bits per heavy atom. The molecule has 0 radical (unpaired) electrons. The number of carbonyl (C=O) groups is 1. The Balaban J connectivity index is 0.00000220. The molecule has 1 N–H and O–H groups in total. The van der Waals surface area contributed by atoms with Gasteiger partial charge in [0.2, 0.25) is 0 Å². The molecule has 6 nitrogen and oxygen atoms in total. The standard InChI is InChI=1S/C14H17N2O4.Na/c1-13(2)14(3,4)16(20)11(15(13)19)9-5-7-10(8-6-9)12(17)18;/h5-8H,1-4H3,(H,17,18);/q-1;+1. The van der Waals surface area contributed by atoms with Crippen molar-refractivity contribution in [3.8, 4) is 0 Å². The van der Waals surface area contributed by atoms with E-state index in [2.05, 4.69) is 0 Å². The van der Waals surface area contributed by atoms with Crippen LogP contribution in [0.2, 0.25) is 0 Å². The van der Waals surface area contributed by atoms with Crippen LogP contribution in [-0.4, -0.2) is 37.8 Å². The van der Waals surface area contributed by atoms with Gasteiger partial charge in [0.25, 0.3) is 5.84 Å². The molecule has 1 aromatic carbocycles. The van der Waals surface area contributed by atoms with Gasteiger partial charge >= 0.3 is 35.5 Å². The second-order valence-corrected chi connectivity index (χ2v) is 5.91. The van der Waals surface area contributed by atoms with Crippen molar-refractivity contribution < 1.29 is 44.2 Å². The molecule has 0 aliphatic carbocycles. The molecule has 0 bridgehead atoms. The summed E-state index contributed by atoms with van der Waals surface area (Å²) in [7, 11) is 0. The smallest absolute Gasteiger partial charge is 0.715 e. The summed E-state index contributed by atoms with van der Waals surface area (Å²) in [4.78, 5) is 10.8. The summed E-state index contributed by atoms with van der Waals surface area (Å²) in [6, 6.07) is 5.72. The molecule has 0 aromatic heterocycles. The van der Waals surface area contributed by atoms with Gasteiger partial charge in [-0.05, 0) is 52.0 Å². The number of benzene rings is 1. The van der Waals surface area contributed by atoms with Crippen molar-refractivity contribution in [1.82, 2.24) is 5.06 Å². The van der Waals surface area contributed by atoms with E-state index in [-0.39, 0.29) is 41.0 Å². The van der Waals surface area contributed by atoms with Crippen LogP contribution in [0.4, 0.5) is 0 Å². The summed E-state index contributed by atoms with van der Waals surface area (Å²) in [6.45, 7) is 6.85. The van der Waals surface area contributed by atoms with E-state index in [1.807, 2.05) is 0 Å². The summed E-state index contributed by atoms with van der Waals surface area (Å²) in [5.74, 6) is -1.04. The molecular weight excluding hydrogens is 283 g/mol. The van der Waals surface area contributed by atoms with Crippen molar-refractivity contribution in [2.45, 2.75) is 38.8 Å². The summed E-state index contributed by atoms with van der Waals surface area (Å²) < 4.78 is 0.704. The maximum absolute atomic E-state index is 12.4. The third kappa shape index (κ3) is 2.57. The molecule has 1 aliphatic heterocycles. The average Bonchev–Trinajstić information content (AvgIpc) is 2.49. The molecule has 21 heavy (non-hydrogen) atoms. The molecule has 0 fully saturated rings. The second kappa shape index (κ2) is 5.61. The topological polar surface area (TPSA) is 89.7 Å². The molecule has 0 amide bonds. The van der Waals surface area contributed by atoms with Crippen molar-refractivity contribution in [3.05, 3.63) is 45.8 Å². The van der Waals surface area contributed by atoms with Crippen LogP contribution in [-0.2, 0) is 0 Å². The first-order chi connectivity index (χ1) is 9.10. The number of aromatic carboxylic acids is 1. The van der Waals surface area contributed by atoms with Crippen molar-refractivity contribution in [2.24, 2.45) is 0 Å². The Kier molecular flexibility index (Phi) is 4.80. The van der Waals surface area contributed by atoms with Gasteiger partial charge in [-0.1, -0.05) is 0 Å². The number of carboxylic acid groups (broad SMARTS) is 1. The number of carboxylic acids is 1. The summed E-state index contributed by atoms with van der Waals surface area (Å²) >= 11 is 0. The molecule has 1 heterocycles. The predicted octanol–water partition coefficient (Wildman–Crippen LogP) is -0.984. The Bertz CT molecular complexity index is 593. The van der Waals surface area contributed by atoms with Crippen molar-refractivity contribution in [2.75, 3.05) is 0 Å². The number of nitrogens with zero attached hydrogens (tertiary/aromatic N) is 2. The van der Waals surface area contributed by atoms with Crippen LogP contribution < -0.4 is 29.6 Å². The molecule has 0 saturated heterocycles. The van der Waals surface area contributed by atoms with Gasteiger partial charge < -0.3 is 15.5 Å². The maximum atomic E-state index is 12.4. The first kappa shape index (κ1) is 18.0. The zero-order chi connectivity index (χ0) is 15.3. The van der Waals surface area contributed by atoms with E-state index in [9.17, 15) is 15.2 Å². The van der Waals surface area contributed by atoms with E-state index in [0.29, 0.717) is 15.4 Å². The van der Waals surface area contributed by atoms with E-state index in [0.717, 1.165) is 0 Å². The quantitative estimate of drug-likeness (QED) is 0.430. The third-order valence-electron chi connectivity index (χ3n) is 4.29. The largest absolute Gasteiger partial charge is 1.00 e. The molecule has 0 saturated carbocycles. The molecule has 108 valence electrons. The van der Waals surface area contributed by atoms with Crippen LogP contribution in [0, 0.1) is 10.4 Å². The maximum Gasteiger partial charge on any atom is 1.00 e. The van der Waals surface area contributed by atoms with Gasteiger partial charge in [-0.25, -0.2) is 4.79 Å². The van der Waals surface area contributed by atoms with E-state index in [4.69, 9.17) is 5.11 Å². The normalized spacial score (nSPS) is 19.4. The van der Waals surface area contributed by atoms with Gasteiger partial charge in [0.15, 0.2) is 0 Å². The van der Waals surface area contributed by atoms with E-state index in [1.54, 1.807) is 27.7 Å². The van der Waals surface area contributed by atoms with Gasteiger partial charge in [-0.15, -0.1) is 0 Å². The molecule has 1 aromatic rings. The van der Waals surface area contributed by atoms with Gasteiger partial charge in [0.05, 0.1) is 11.1 Å². The minimum atomic E-state index is -1.05. The van der Waals surface area contributed by atoms with Crippen LogP contribution in [0.25, 0.3) is 0 Å². The number of rotatable bonds is 2. The van der Waals surface area contributed by atoms with E-state index in [1.165, 1.54) is 24.3 Å². The minimum absolute atomic E-state index is 0. The number of amidine groups is 1. The molecular formula is C14H17N2NaO4. The molecule has 0 atom stereocenters. The zero-order valence-corrected chi connectivity index (χ0v) is 14.9. The third-order valence-corrected chi connectivity index (χ3v) is 4.29. The predicted molar refractivity (Wildman–Crippen MR) is 74.5 cm³/mol. The fourth-order valence-corrected chi connectivity index (χ4v) is 2.11. The monoisotopic (exact) mass is 300 g/mol. The molecule has 0 spiro atoms. The molecule has 1 aliphatic rings. The van der Waals surface area contributed by atoms with Gasteiger partial charge in [-0.2, -0.15) is 0 Å². The van der Waals surface area contributed by atoms with Crippen LogP contribution in [0.5, 0.6) is 0 Å². The number of hydrogen-bond acceptors (Lipinski definition) is 4. The Morgan fingerprint density at radius 1 is 1.19 bits per heavy atom. The van der Waals surface area contributed by atoms with Gasteiger partial charge in [0, 0.05) is 0 Å². The van der Waals surface area contributed by atoms with Gasteiger partial charge in [0.1, 0.15) is 11.1 Å². The summed E-state index contributed by atoms with van der Waals surface area (Å²) in [5, 5.41) is 34.4. The Hall–Kier alpha value is -1.08. The number of hydrogen-bond donors (Lipinski definition) is 1. The van der Waals surface area contributed by atoms with Crippen LogP contribution >= 0.6 is 0 Å². The first-order valence-corrected chi connectivity index (χ1v) is 6.26. The molecule has 2 rings (SSSR count). The van der Waals surface area contributed by atoms with Crippen molar-refractivity contribution in [3.63, 3.8) is 0 Å². The van der Waals surface area contributed by atoms with Crippen LogP contribution in [0.1, 0.15) is 43.6 Å². The SMILES string of the molecule is CC1(C)N([O-])C(c2ccc(C(=O)O)cc2)=[N+]([O-])C1(C)C.[Na+]. The second-order valence-electron chi connectivity index (χ2n) is 5.91. The van der Waals surface area contributed by atoms with E-state index >= 15 is 0 Å². The van der Waals surface area contributed by atoms with E-state index < -0.39 is 17.0 Å². The summed E-state index contributed by atoms with van der Waals surface area (Å²) in [6.07, 6.45) is 0. The average molecular weight is 300 g/mol. The molecule has 7 heteroatoms. The fraction of sp³-hybridized carbons (Fsp3) is 0.429.